The number of alkyl carbamates (subject to hydrolysis) is 1. The predicted octanol–water partition coefficient (Wildman–Crippen LogP) is 2.29. The zero-order valence-corrected chi connectivity index (χ0v) is 35.2. The summed E-state index contributed by atoms with van der Waals surface area (Å²) < 4.78 is 41.4. The Labute approximate surface area is 338 Å². The van der Waals surface area contributed by atoms with Crippen LogP contribution in [-0.2, 0) is 57.1 Å². The number of carbonyl (C=O) groups is 6. The molecule has 4 N–H and O–H groups in total. The molecule has 0 unspecified atom stereocenters. The first-order chi connectivity index (χ1) is 26.6. The molecule has 0 aromatic rings. The lowest BCUT2D eigenvalue weighted by molar-refractivity contribution is -0.347. The molecule has 5 aliphatic rings. The molecule has 17 nitrogen and oxygen atoms in total. The average Bonchev–Trinajstić information content (AvgIpc) is 3.06. The second kappa shape index (κ2) is 15.6. The fraction of sp³-hybridized carbons (Fsp3) is 0.756. The summed E-state index contributed by atoms with van der Waals surface area (Å²) in [6, 6.07) is -1.29. The number of esters is 4. The highest BCUT2D eigenvalue weighted by molar-refractivity contribution is 5.95. The molecule has 0 spiro atoms. The third-order valence-corrected chi connectivity index (χ3v) is 12.5. The third kappa shape index (κ3) is 8.04. The minimum atomic E-state index is -2.36. The Bertz CT molecular complexity index is 1760. The van der Waals surface area contributed by atoms with Crippen molar-refractivity contribution in [2.75, 3.05) is 13.2 Å². The van der Waals surface area contributed by atoms with Gasteiger partial charge in [-0.25, -0.2) is 9.59 Å². The molecular formula is C41H59NO16. The molecule has 5 rings (SSSR count). The van der Waals surface area contributed by atoms with Crippen molar-refractivity contribution in [1.29, 1.82) is 0 Å². The van der Waals surface area contributed by atoms with E-state index in [2.05, 4.69) is 5.32 Å². The van der Waals surface area contributed by atoms with Gasteiger partial charge in [0.05, 0.1) is 48.7 Å². The third-order valence-electron chi connectivity index (χ3n) is 12.5. The summed E-state index contributed by atoms with van der Waals surface area (Å²) in [5, 5.41) is 39.5. The van der Waals surface area contributed by atoms with Gasteiger partial charge in [-0.2, -0.15) is 0 Å². The monoisotopic (exact) mass is 821 g/mol. The van der Waals surface area contributed by atoms with E-state index in [1.807, 2.05) is 0 Å². The molecule has 17 heteroatoms. The highest BCUT2D eigenvalue weighted by atomic mass is 16.6. The summed E-state index contributed by atoms with van der Waals surface area (Å²) in [6.45, 7) is 16.1. The first-order valence-electron chi connectivity index (χ1n) is 19.6. The van der Waals surface area contributed by atoms with Gasteiger partial charge in [-0.1, -0.05) is 26.0 Å². The lowest BCUT2D eigenvalue weighted by Crippen LogP contribution is -2.82. The maximum atomic E-state index is 15.4. The van der Waals surface area contributed by atoms with Gasteiger partial charge in [0.1, 0.15) is 29.5 Å². The van der Waals surface area contributed by atoms with Crippen LogP contribution in [0.25, 0.3) is 0 Å². The lowest BCUT2D eigenvalue weighted by Gasteiger charge is -2.67. The van der Waals surface area contributed by atoms with Crippen LogP contribution in [0.4, 0.5) is 4.79 Å². The lowest BCUT2D eigenvalue weighted by atomic mass is 9.44. The number of aliphatic hydroxyl groups excluding tert-OH is 2. The van der Waals surface area contributed by atoms with E-state index in [0.717, 1.165) is 13.8 Å². The van der Waals surface area contributed by atoms with E-state index in [-0.39, 0.29) is 43.6 Å². The van der Waals surface area contributed by atoms with Gasteiger partial charge in [-0.05, 0) is 66.0 Å². The summed E-state index contributed by atoms with van der Waals surface area (Å²) in [5.74, 6) is -6.17. The standard InChI is InChI=1S/C41H59NO16/c1-20-24-17-41(51)33(56-27(46)18-37(7,8)53-15-13-12-14-23(29(47)34(49)55-24)42-35(50)58-36(4,5)6)31-39(11,25(45)16-26-40(31,19-52-26)57-22(3)44)32(48)30(54-21(2)43)28(20)38(41,9)10/h12-13,23-26,29-31,33,45,47,51H,14-19H2,1-11H3,(H,42,50)/t23-,24+,25+,26-,29+,30+,31+,33-,39-,40-,41+/m1/s1. The van der Waals surface area contributed by atoms with Crippen molar-refractivity contribution < 1.29 is 77.2 Å². The first-order valence-corrected chi connectivity index (χ1v) is 19.6. The van der Waals surface area contributed by atoms with Crippen molar-refractivity contribution in [2.45, 2.75) is 167 Å². The van der Waals surface area contributed by atoms with E-state index in [1.54, 1.807) is 60.6 Å². The van der Waals surface area contributed by atoms with Gasteiger partial charge in [0, 0.05) is 32.1 Å². The molecule has 324 valence electrons. The Kier molecular flexibility index (Phi) is 12.2. The minimum absolute atomic E-state index is 0.00289. The number of hydrogen-bond donors (Lipinski definition) is 4. The highest BCUT2D eigenvalue weighted by Crippen LogP contribution is 2.64. The molecule has 0 aromatic carbocycles. The van der Waals surface area contributed by atoms with E-state index in [0.29, 0.717) is 0 Å². The molecule has 2 heterocycles. The van der Waals surface area contributed by atoms with E-state index < -0.39 is 124 Å². The van der Waals surface area contributed by atoms with Crippen molar-refractivity contribution >= 4 is 35.8 Å². The van der Waals surface area contributed by atoms with Crippen LogP contribution in [0.2, 0.25) is 0 Å². The van der Waals surface area contributed by atoms with Crippen LogP contribution in [0.5, 0.6) is 0 Å². The molecule has 2 aliphatic heterocycles. The molecule has 11 atom stereocenters. The minimum Gasteiger partial charge on any atom is -0.459 e. The van der Waals surface area contributed by atoms with Crippen LogP contribution in [0.1, 0.15) is 102 Å². The SMILES string of the molecule is CC(=O)O[C@@H]1C(=O)[C@@]2(C)[C@H]([C@H]3OC(=O)CC(C)(C)OCC=CC[C@@H](NC(=O)OC(C)(C)C)[C@H](O)C(=O)O[C@H]4C[C@@]3(O)C(C)(C)C1=C4C)[C@@]1(OC(C)=O)CO[C@@H]1C[C@@H]2O. The first kappa shape index (κ1) is 45.2. The molecular weight excluding hydrogens is 762 g/mol. The van der Waals surface area contributed by atoms with Crippen LogP contribution in [0.3, 0.4) is 0 Å². The van der Waals surface area contributed by atoms with Gasteiger partial charge in [-0.15, -0.1) is 0 Å². The Morgan fingerprint density at radius 1 is 0.966 bits per heavy atom. The number of hydrogen-bond acceptors (Lipinski definition) is 16. The van der Waals surface area contributed by atoms with Crippen molar-refractivity contribution in [2.24, 2.45) is 16.7 Å². The number of ketones is 1. The number of ether oxygens (including phenoxy) is 7. The second-order valence-electron chi connectivity index (χ2n) is 18.6. The van der Waals surface area contributed by atoms with Crippen molar-refractivity contribution in [3.63, 3.8) is 0 Å². The Morgan fingerprint density at radius 2 is 1.62 bits per heavy atom. The topological polar surface area (TPSA) is 240 Å². The predicted molar refractivity (Wildman–Crippen MR) is 200 cm³/mol. The molecule has 3 fully saturated rings. The van der Waals surface area contributed by atoms with Crippen LogP contribution in [-0.4, -0.2) is 129 Å². The van der Waals surface area contributed by atoms with E-state index in [4.69, 9.17) is 33.2 Å². The van der Waals surface area contributed by atoms with Crippen LogP contribution < -0.4 is 5.32 Å². The number of aliphatic hydroxyl groups is 3. The van der Waals surface area contributed by atoms with Gasteiger partial charge < -0.3 is 53.8 Å². The Morgan fingerprint density at radius 3 is 2.19 bits per heavy atom. The van der Waals surface area contributed by atoms with Gasteiger partial charge in [0.15, 0.2) is 23.6 Å². The number of rotatable bonds is 3. The normalized spacial score (nSPS) is 38.9. The molecule has 2 saturated carbocycles. The summed E-state index contributed by atoms with van der Waals surface area (Å²) in [5.41, 5.74) is -9.73. The Hall–Kier alpha value is -3.90. The van der Waals surface area contributed by atoms with E-state index in [1.165, 1.54) is 13.8 Å². The molecule has 0 radical (unpaired) electrons. The van der Waals surface area contributed by atoms with Crippen molar-refractivity contribution in [1.82, 2.24) is 5.32 Å². The van der Waals surface area contributed by atoms with Gasteiger partial charge in [0.25, 0.3) is 0 Å². The summed E-state index contributed by atoms with van der Waals surface area (Å²) in [6.07, 6.45) is -8.64. The van der Waals surface area contributed by atoms with Crippen molar-refractivity contribution in [3.05, 3.63) is 23.3 Å². The van der Waals surface area contributed by atoms with Crippen LogP contribution in [0, 0.1) is 16.7 Å². The quantitative estimate of drug-likeness (QED) is 0.181. The Balaban J connectivity index is 1.77. The zero-order chi connectivity index (χ0) is 43.6. The van der Waals surface area contributed by atoms with Gasteiger partial charge >= 0.3 is 30.0 Å². The van der Waals surface area contributed by atoms with Gasteiger partial charge in [0.2, 0.25) is 0 Å². The fourth-order valence-corrected chi connectivity index (χ4v) is 9.53. The second-order valence-corrected chi connectivity index (χ2v) is 18.6. The van der Waals surface area contributed by atoms with Crippen LogP contribution in [0.15, 0.2) is 23.3 Å². The number of amides is 1. The largest absolute Gasteiger partial charge is 0.459 e. The molecule has 1 saturated heterocycles. The van der Waals surface area contributed by atoms with E-state index in [9.17, 15) is 39.3 Å². The maximum Gasteiger partial charge on any atom is 0.407 e. The smallest absolute Gasteiger partial charge is 0.407 e. The number of fused-ring (bicyclic) bond motifs is 6. The number of nitrogens with one attached hydrogen (secondary N) is 1. The average molecular weight is 822 g/mol. The van der Waals surface area contributed by atoms with Gasteiger partial charge in [-0.3, -0.25) is 19.2 Å². The number of Topliss-reactive ketones (excluding diaryl/α,β-unsaturated/α-hetero) is 1. The van der Waals surface area contributed by atoms with Crippen molar-refractivity contribution in [3.8, 4) is 0 Å². The molecule has 58 heavy (non-hydrogen) atoms. The molecule has 3 bridgehead atoms. The molecule has 3 aliphatic carbocycles. The van der Waals surface area contributed by atoms with Crippen LogP contribution >= 0.6 is 0 Å². The van der Waals surface area contributed by atoms with E-state index >= 15 is 4.79 Å². The zero-order valence-electron chi connectivity index (χ0n) is 35.2. The fourth-order valence-electron chi connectivity index (χ4n) is 9.53. The summed E-state index contributed by atoms with van der Waals surface area (Å²) >= 11 is 0. The maximum absolute atomic E-state index is 15.4. The summed E-state index contributed by atoms with van der Waals surface area (Å²) in [7, 11) is 0. The number of carbonyl (C=O) groups excluding carboxylic acids is 6. The molecule has 0 aromatic heterocycles. The summed E-state index contributed by atoms with van der Waals surface area (Å²) in [4.78, 5) is 82.3. The molecule has 1 amide bonds. The highest BCUT2D eigenvalue weighted by Gasteiger charge is 2.78.